The minimum atomic E-state index is 0.330. The first-order valence-corrected chi connectivity index (χ1v) is 7.02. The summed E-state index contributed by atoms with van der Waals surface area (Å²) in [6.45, 7) is 0.691. The maximum atomic E-state index is 8.69. The van der Waals surface area contributed by atoms with Crippen molar-refractivity contribution in [3.8, 4) is 23.0 Å². The van der Waals surface area contributed by atoms with Crippen LogP contribution in [0.3, 0.4) is 0 Å². The normalized spacial score (nSPS) is 10.5. The molecular weight excluding hydrogens is 298 g/mol. The summed E-state index contributed by atoms with van der Waals surface area (Å²) >= 11 is 0. The van der Waals surface area contributed by atoms with E-state index < -0.39 is 0 Å². The van der Waals surface area contributed by atoms with Gasteiger partial charge in [0.15, 0.2) is 0 Å². The summed E-state index contributed by atoms with van der Waals surface area (Å²) < 4.78 is 21.6. The molecular formula is C17H19NO5. The van der Waals surface area contributed by atoms with Crippen LogP contribution < -0.4 is 18.9 Å². The molecule has 23 heavy (non-hydrogen) atoms. The maximum Gasteiger partial charge on any atom is 0.132 e. The second kappa shape index (κ2) is 8.53. The fraction of sp³-hybridized carbons (Fsp3) is 0.235. The van der Waals surface area contributed by atoms with Gasteiger partial charge in [0, 0.05) is 17.7 Å². The number of hydrogen-bond acceptors (Lipinski definition) is 6. The van der Waals surface area contributed by atoms with Gasteiger partial charge in [-0.3, -0.25) is 0 Å². The summed E-state index contributed by atoms with van der Waals surface area (Å²) in [4.78, 5) is 0. The first-order valence-electron chi connectivity index (χ1n) is 7.02. The zero-order chi connectivity index (χ0) is 16.5. The minimum absolute atomic E-state index is 0.330. The monoisotopic (exact) mass is 317 g/mol. The predicted octanol–water partition coefficient (Wildman–Crippen LogP) is 2.97. The quantitative estimate of drug-likeness (QED) is 0.351. The molecule has 0 radical (unpaired) electrons. The van der Waals surface area contributed by atoms with Gasteiger partial charge >= 0.3 is 0 Å². The minimum Gasteiger partial charge on any atom is -0.497 e. The van der Waals surface area contributed by atoms with Gasteiger partial charge in [-0.15, -0.1) is 0 Å². The van der Waals surface area contributed by atoms with Gasteiger partial charge in [0.25, 0.3) is 0 Å². The average Bonchev–Trinajstić information content (AvgIpc) is 2.60. The smallest absolute Gasteiger partial charge is 0.132 e. The highest BCUT2D eigenvalue weighted by molar-refractivity contribution is 5.83. The molecule has 6 heteroatoms. The molecule has 2 aromatic carbocycles. The molecule has 0 spiro atoms. The van der Waals surface area contributed by atoms with Crippen molar-refractivity contribution in [2.24, 2.45) is 5.16 Å². The van der Waals surface area contributed by atoms with E-state index in [1.807, 2.05) is 18.2 Å². The van der Waals surface area contributed by atoms with Crippen LogP contribution in [0.25, 0.3) is 0 Å². The van der Waals surface area contributed by atoms with Gasteiger partial charge in [0.2, 0.25) is 0 Å². The van der Waals surface area contributed by atoms with Gasteiger partial charge in [-0.2, -0.15) is 0 Å². The fourth-order valence-corrected chi connectivity index (χ4v) is 1.94. The Morgan fingerprint density at radius 2 is 1.61 bits per heavy atom. The van der Waals surface area contributed by atoms with E-state index in [1.54, 1.807) is 38.5 Å². The van der Waals surface area contributed by atoms with Crippen LogP contribution in [0.4, 0.5) is 0 Å². The number of oxime groups is 1. The third-order valence-electron chi connectivity index (χ3n) is 3.07. The van der Waals surface area contributed by atoms with Crippen molar-refractivity contribution >= 4 is 6.21 Å². The highest BCUT2D eigenvalue weighted by Crippen LogP contribution is 2.24. The number of methoxy groups -OCH3 is 2. The summed E-state index contributed by atoms with van der Waals surface area (Å²) in [6.07, 6.45) is 1.30. The topological polar surface area (TPSA) is 69.5 Å². The summed E-state index contributed by atoms with van der Waals surface area (Å²) in [6, 6.07) is 12.6. The lowest BCUT2D eigenvalue weighted by Gasteiger charge is -2.12. The van der Waals surface area contributed by atoms with E-state index >= 15 is 0 Å². The molecule has 0 atom stereocenters. The van der Waals surface area contributed by atoms with Crippen molar-refractivity contribution in [2.45, 2.75) is 0 Å². The molecule has 0 heterocycles. The predicted molar refractivity (Wildman–Crippen MR) is 86.4 cm³/mol. The Morgan fingerprint density at radius 3 is 2.35 bits per heavy atom. The third kappa shape index (κ3) is 4.81. The second-order valence-corrected chi connectivity index (χ2v) is 4.52. The van der Waals surface area contributed by atoms with Gasteiger partial charge in [-0.25, -0.2) is 0 Å². The first-order chi connectivity index (χ1) is 11.3. The molecule has 0 fully saturated rings. The first kappa shape index (κ1) is 16.5. The SMILES string of the molecule is COc1cccc(OCCOc2cc(OC)ccc2C=NO)c1. The van der Waals surface area contributed by atoms with Crippen molar-refractivity contribution in [1.82, 2.24) is 0 Å². The number of nitrogens with zero attached hydrogens (tertiary/aromatic N) is 1. The highest BCUT2D eigenvalue weighted by atomic mass is 16.5. The Balaban J connectivity index is 1.92. The van der Waals surface area contributed by atoms with E-state index in [1.165, 1.54) is 6.21 Å². The van der Waals surface area contributed by atoms with Crippen molar-refractivity contribution in [2.75, 3.05) is 27.4 Å². The number of hydrogen-bond donors (Lipinski definition) is 1. The van der Waals surface area contributed by atoms with Crippen molar-refractivity contribution in [3.63, 3.8) is 0 Å². The van der Waals surface area contributed by atoms with Crippen molar-refractivity contribution < 1.29 is 24.2 Å². The lowest BCUT2D eigenvalue weighted by Crippen LogP contribution is -2.10. The Bertz CT molecular complexity index is 657. The molecule has 0 unspecified atom stereocenters. The number of ether oxygens (including phenoxy) is 4. The third-order valence-corrected chi connectivity index (χ3v) is 3.07. The van der Waals surface area contributed by atoms with Crippen LogP contribution in [-0.2, 0) is 0 Å². The van der Waals surface area contributed by atoms with E-state index in [0.29, 0.717) is 36.0 Å². The van der Waals surface area contributed by atoms with E-state index in [0.717, 1.165) is 5.75 Å². The molecule has 0 saturated heterocycles. The van der Waals surface area contributed by atoms with E-state index in [4.69, 9.17) is 24.2 Å². The zero-order valence-electron chi connectivity index (χ0n) is 13.1. The highest BCUT2D eigenvalue weighted by Gasteiger charge is 2.05. The molecule has 6 nitrogen and oxygen atoms in total. The number of benzene rings is 2. The van der Waals surface area contributed by atoms with Crippen LogP contribution in [0.2, 0.25) is 0 Å². The molecule has 1 N–H and O–H groups in total. The Hall–Kier alpha value is -2.89. The molecule has 0 aromatic heterocycles. The van der Waals surface area contributed by atoms with E-state index in [2.05, 4.69) is 5.16 Å². The number of rotatable bonds is 8. The molecule has 0 aliphatic rings. The van der Waals surface area contributed by atoms with Crippen molar-refractivity contribution in [1.29, 1.82) is 0 Å². The molecule has 2 aromatic rings. The van der Waals surface area contributed by atoms with Crippen LogP contribution >= 0.6 is 0 Å². The summed E-state index contributed by atoms with van der Waals surface area (Å²) in [5.41, 5.74) is 0.648. The Morgan fingerprint density at radius 1 is 0.913 bits per heavy atom. The molecule has 122 valence electrons. The fourth-order valence-electron chi connectivity index (χ4n) is 1.94. The Kier molecular flexibility index (Phi) is 6.11. The van der Waals surface area contributed by atoms with Crippen LogP contribution in [0.5, 0.6) is 23.0 Å². The average molecular weight is 317 g/mol. The molecule has 0 aliphatic heterocycles. The lowest BCUT2D eigenvalue weighted by molar-refractivity contribution is 0.216. The van der Waals surface area contributed by atoms with Crippen LogP contribution in [0, 0.1) is 0 Å². The van der Waals surface area contributed by atoms with Gasteiger partial charge in [-0.1, -0.05) is 11.2 Å². The van der Waals surface area contributed by atoms with E-state index in [-0.39, 0.29) is 0 Å². The van der Waals surface area contributed by atoms with Gasteiger partial charge in [-0.05, 0) is 24.3 Å². The van der Waals surface area contributed by atoms with Crippen LogP contribution in [0.15, 0.2) is 47.6 Å². The van der Waals surface area contributed by atoms with E-state index in [9.17, 15) is 0 Å². The largest absolute Gasteiger partial charge is 0.497 e. The van der Waals surface area contributed by atoms with Crippen molar-refractivity contribution in [3.05, 3.63) is 48.0 Å². The second-order valence-electron chi connectivity index (χ2n) is 4.52. The van der Waals surface area contributed by atoms with Crippen LogP contribution in [0.1, 0.15) is 5.56 Å². The summed E-state index contributed by atoms with van der Waals surface area (Å²) in [5.74, 6) is 2.65. The summed E-state index contributed by atoms with van der Waals surface area (Å²) in [7, 11) is 3.18. The maximum absolute atomic E-state index is 8.69. The molecule has 0 saturated carbocycles. The molecule has 2 rings (SSSR count). The molecule has 0 bridgehead atoms. The van der Waals surface area contributed by atoms with Crippen LogP contribution in [-0.4, -0.2) is 38.9 Å². The molecule has 0 aliphatic carbocycles. The lowest BCUT2D eigenvalue weighted by atomic mass is 10.2. The summed E-state index contributed by atoms with van der Waals surface area (Å²) in [5, 5.41) is 11.7. The van der Waals surface area contributed by atoms with Gasteiger partial charge in [0.1, 0.15) is 36.2 Å². The van der Waals surface area contributed by atoms with Gasteiger partial charge < -0.3 is 24.2 Å². The standard InChI is InChI=1S/C17H19NO5/c1-20-14-4-3-5-16(10-14)22-8-9-23-17-11-15(21-2)7-6-13(17)12-18-19/h3-7,10-12,19H,8-9H2,1-2H3. The zero-order valence-corrected chi connectivity index (χ0v) is 13.1. The van der Waals surface area contributed by atoms with Gasteiger partial charge in [0.05, 0.1) is 20.4 Å². The Labute approximate surface area is 134 Å². The molecule has 0 amide bonds.